The van der Waals surface area contributed by atoms with Gasteiger partial charge in [-0.2, -0.15) is 0 Å². The van der Waals surface area contributed by atoms with Crippen molar-refractivity contribution in [2.45, 2.75) is 6.54 Å². The van der Waals surface area contributed by atoms with E-state index >= 15 is 0 Å². The molecule has 0 radical (unpaired) electrons. The molecule has 0 atom stereocenters. The molecule has 0 unspecified atom stereocenters. The van der Waals surface area contributed by atoms with Gasteiger partial charge in [0.15, 0.2) is 6.61 Å². The van der Waals surface area contributed by atoms with Crippen molar-refractivity contribution in [2.24, 2.45) is 0 Å². The van der Waals surface area contributed by atoms with E-state index in [-0.39, 0.29) is 19.0 Å². The molecule has 2 aromatic rings. The van der Waals surface area contributed by atoms with Gasteiger partial charge in [0.05, 0.1) is 5.56 Å². The van der Waals surface area contributed by atoms with Gasteiger partial charge in [-0.25, -0.2) is 9.18 Å². The zero-order chi connectivity index (χ0) is 16.7. The van der Waals surface area contributed by atoms with Crippen LogP contribution in [0.25, 0.3) is 0 Å². The second-order valence-electron chi connectivity index (χ2n) is 4.77. The van der Waals surface area contributed by atoms with Gasteiger partial charge in [-0.3, -0.25) is 4.79 Å². The SMILES string of the molecule is CNc1ccccc1C(=O)OCC(=O)NCc1ccc(F)cc1. The minimum absolute atomic E-state index is 0.240. The van der Waals surface area contributed by atoms with E-state index in [1.165, 1.54) is 12.1 Å². The first-order valence-electron chi connectivity index (χ1n) is 7.05. The van der Waals surface area contributed by atoms with Crippen molar-refractivity contribution in [3.05, 3.63) is 65.5 Å². The van der Waals surface area contributed by atoms with Crippen LogP contribution in [0.3, 0.4) is 0 Å². The van der Waals surface area contributed by atoms with Crippen LogP contribution in [-0.2, 0) is 16.1 Å². The second-order valence-corrected chi connectivity index (χ2v) is 4.77. The Hall–Kier alpha value is -2.89. The number of halogens is 1. The maximum absolute atomic E-state index is 12.8. The molecule has 0 spiro atoms. The molecule has 0 aliphatic rings. The lowest BCUT2D eigenvalue weighted by molar-refractivity contribution is -0.124. The first-order chi connectivity index (χ1) is 11.1. The molecule has 0 aromatic heterocycles. The third kappa shape index (κ3) is 4.81. The minimum Gasteiger partial charge on any atom is -0.452 e. The Morgan fingerprint density at radius 2 is 1.78 bits per heavy atom. The predicted molar refractivity (Wildman–Crippen MR) is 84.5 cm³/mol. The van der Waals surface area contributed by atoms with Crippen LogP contribution >= 0.6 is 0 Å². The van der Waals surface area contributed by atoms with Crippen LogP contribution in [0.4, 0.5) is 10.1 Å². The van der Waals surface area contributed by atoms with Crippen molar-refractivity contribution in [1.29, 1.82) is 0 Å². The summed E-state index contributed by atoms with van der Waals surface area (Å²) < 4.78 is 17.8. The number of benzene rings is 2. The Kier molecular flexibility index (Phi) is 5.68. The topological polar surface area (TPSA) is 67.4 Å². The number of ether oxygens (including phenoxy) is 1. The van der Waals surface area contributed by atoms with Crippen LogP contribution in [0.2, 0.25) is 0 Å². The number of para-hydroxylation sites is 1. The van der Waals surface area contributed by atoms with E-state index in [1.54, 1.807) is 43.4 Å². The van der Waals surface area contributed by atoms with E-state index in [0.29, 0.717) is 11.3 Å². The van der Waals surface area contributed by atoms with E-state index in [0.717, 1.165) is 5.56 Å². The highest BCUT2D eigenvalue weighted by molar-refractivity contribution is 5.96. The van der Waals surface area contributed by atoms with Crippen molar-refractivity contribution in [3.8, 4) is 0 Å². The summed E-state index contributed by atoms with van der Waals surface area (Å²) in [4.78, 5) is 23.7. The zero-order valence-electron chi connectivity index (χ0n) is 12.6. The average Bonchev–Trinajstić information content (AvgIpc) is 2.59. The average molecular weight is 316 g/mol. The first-order valence-corrected chi connectivity index (χ1v) is 7.05. The highest BCUT2D eigenvalue weighted by atomic mass is 19.1. The van der Waals surface area contributed by atoms with Crippen molar-refractivity contribution in [2.75, 3.05) is 19.0 Å². The molecule has 23 heavy (non-hydrogen) atoms. The number of carbonyl (C=O) groups is 2. The number of amides is 1. The summed E-state index contributed by atoms with van der Waals surface area (Å²) in [6.45, 7) is -0.137. The zero-order valence-corrected chi connectivity index (χ0v) is 12.6. The highest BCUT2D eigenvalue weighted by Crippen LogP contribution is 2.15. The molecule has 0 fully saturated rings. The Bertz CT molecular complexity index is 686. The van der Waals surface area contributed by atoms with Crippen molar-refractivity contribution in [1.82, 2.24) is 5.32 Å². The highest BCUT2D eigenvalue weighted by Gasteiger charge is 2.13. The molecular weight excluding hydrogens is 299 g/mol. The van der Waals surface area contributed by atoms with Gasteiger partial charge in [0.2, 0.25) is 0 Å². The molecule has 2 rings (SSSR count). The first kappa shape index (κ1) is 16.5. The Labute approximate surface area is 133 Å². The van der Waals surface area contributed by atoms with Crippen LogP contribution in [-0.4, -0.2) is 25.5 Å². The van der Waals surface area contributed by atoms with Crippen molar-refractivity contribution >= 4 is 17.6 Å². The summed E-state index contributed by atoms with van der Waals surface area (Å²) in [5.41, 5.74) is 1.75. The minimum atomic E-state index is -0.577. The summed E-state index contributed by atoms with van der Waals surface area (Å²) >= 11 is 0. The number of nitrogens with one attached hydrogen (secondary N) is 2. The Morgan fingerprint density at radius 3 is 2.48 bits per heavy atom. The third-order valence-electron chi connectivity index (χ3n) is 3.15. The van der Waals surface area contributed by atoms with Crippen molar-refractivity contribution in [3.63, 3.8) is 0 Å². The number of carbonyl (C=O) groups excluding carboxylic acids is 2. The Balaban J connectivity index is 1.82. The number of rotatable bonds is 6. The monoisotopic (exact) mass is 316 g/mol. The standard InChI is InChI=1S/C17H17FN2O3/c1-19-15-5-3-2-4-14(15)17(22)23-11-16(21)20-10-12-6-8-13(18)9-7-12/h2-9,19H,10-11H2,1H3,(H,20,21). The fourth-order valence-corrected chi connectivity index (χ4v) is 1.94. The predicted octanol–water partition coefficient (Wildman–Crippen LogP) is 2.34. The smallest absolute Gasteiger partial charge is 0.340 e. The fraction of sp³-hybridized carbons (Fsp3) is 0.176. The summed E-state index contributed by atoms with van der Waals surface area (Å²) in [6, 6.07) is 12.6. The lowest BCUT2D eigenvalue weighted by Gasteiger charge is -2.09. The number of hydrogen-bond acceptors (Lipinski definition) is 4. The van der Waals surface area contributed by atoms with Gasteiger partial charge in [-0.1, -0.05) is 24.3 Å². The normalized spacial score (nSPS) is 10.0. The molecule has 120 valence electrons. The lowest BCUT2D eigenvalue weighted by Crippen LogP contribution is -2.28. The quantitative estimate of drug-likeness (QED) is 0.803. The van der Waals surface area contributed by atoms with Crippen LogP contribution < -0.4 is 10.6 Å². The third-order valence-corrected chi connectivity index (χ3v) is 3.15. The van der Waals surface area contributed by atoms with E-state index in [2.05, 4.69) is 10.6 Å². The number of esters is 1. The molecule has 0 heterocycles. The van der Waals surface area contributed by atoms with Gasteiger partial charge < -0.3 is 15.4 Å². The van der Waals surface area contributed by atoms with Crippen LogP contribution in [0.1, 0.15) is 15.9 Å². The van der Waals surface area contributed by atoms with E-state index in [4.69, 9.17) is 4.74 Å². The molecular formula is C17H17FN2O3. The molecule has 0 aliphatic carbocycles. The second kappa shape index (κ2) is 7.93. The summed E-state index contributed by atoms with van der Waals surface area (Å²) in [6.07, 6.45) is 0. The van der Waals surface area contributed by atoms with E-state index in [9.17, 15) is 14.0 Å². The molecule has 6 heteroatoms. The summed E-state index contributed by atoms with van der Waals surface area (Å²) in [7, 11) is 1.70. The van der Waals surface area contributed by atoms with Gasteiger partial charge in [-0.15, -0.1) is 0 Å². The Morgan fingerprint density at radius 1 is 1.09 bits per heavy atom. The van der Waals surface area contributed by atoms with Crippen LogP contribution in [0.5, 0.6) is 0 Å². The molecule has 1 amide bonds. The lowest BCUT2D eigenvalue weighted by atomic mass is 10.2. The summed E-state index contributed by atoms with van der Waals surface area (Å²) in [5.74, 6) is -1.34. The number of anilines is 1. The van der Waals surface area contributed by atoms with E-state index < -0.39 is 11.9 Å². The maximum atomic E-state index is 12.8. The molecule has 5 nitrogen and oxygen atoms in total. The van der Waals surface area contributed by atoms with Crippen LogP contribution in [0, 0.1) is 5.82 Å². The molecule has 0 saturated carbocycles. The molecule has 0 bridgehead atoms. The van der Waals surface area contributed by atoms with Gasteiger partial charge in [0.1, 0.15) is 5.82 Å². The van der Waals surface area contributed by atoms with Crippen LogP contribution in [0.15, 0.2) is 48.5 Å². The van der Waals surface area contributed by atoms with Gasteiger partial charge in [-0.05, 0) is 29.8 Å². The number of hydrogen-bond donors (Lipinski definition) is 2. The molecule has 0 aliphatic heterocycles. The molecule has 0 saturated heterocycles. The van der Waals surface area contributed by atoms with Gasteiger partial charge in [0.25, 0.3) is 5.91 Å². The maximum Gasteiger partial charge on any atom is 0.340 e. The van der Waals surface area contributed by atoms with Crippen molar-refractivity contribution < 1.29 is 18.7 Å². The summed E-state index contributed by atoms with van der Waals surface area (Å²) in [5, 5.41) is 5.48. The largest absolute Gasteiger partial charge is 0.452 e. The van der Waals surface area contributed by atoms with Gasteiger partial charge >= 0.3 is 5.97 Å². The van der Waals surface area contributed by atoms with Gasteiger partial charge in [0, 0.05) is 19.3 Å². The molecule has 2 aromatic carbocycles. The fourth-order valence-electron chi connectivity index (χ4n) is 1.94. The molecule has 2 N–H and O–H groups in total. The van der Waals surface area contributed by atoms with E-state index in [1.807, 2.05) is 0 Å².